The van der Waals surface area contributed by atoms with Gasteiger partial charge in [0.25, 0.3) is 0 Å². The molecule has 1 aliphatic heterocycles. The van der Waals surface area contributed by atoms with Gasteiger partial charge in [-0.05, 0) is 19.9 Å². The highest BCUT2D eigenvalue weighted by atomic mass is 16.5. The van der Waals surface area contributed by atoms with Gasteiger partial charge in [-0.3, -0.25) is 0 Å². The molecule has 4 nitrogen and oxygen atoms in total. The summed E-state index contributed by atoms with van der Waals surface area (Å²) in [7, 11) is 0. The van der Waals surface area contributed by atoms with Crippen LogP contribution in [-0.4, -0.2) is 35.4 Å². The molecule has 4 heteroatoms. The fourth-order valence-corrected chi connectivity index (χ4v) is 1.75. The molecule has 0 aliphatic carbocycles. The number of rotatable bonds is 3. The predicted molar refractivity (Wildman–Crippen MR) is 58.2 cm³/mol. The van der Waals surface area contributed by atoms with E-state index in [-0.39, 0.29) is 0 Å². The van der Waals surface area contributed by atoms with Crippen molar-refractivity contribution in [3.8, 4) is 5.88 Å². The summed E-state index contributed by atoms with van der Waals surface area (Å²) in [6.45, 7) is 5.65. The molecule has 2 rings (SSSR count). The van der Waals surface area contributed by atoms with Crippen molar-refractivity contribution >= 4 is 5.82 Å². The van der Waals surface area contributed by atoms with Gasteiger partial charge < -0.3 is 14.7 Å². The largest absolute Gasteiger partial charge is 0.478 e. The third kappa shape index (κ3) is 2.21. The Morgan fingerprint density at radius 3 is 2.87 bits per heavy atom. The highest BCUT2D eigenvalue weighted by Crippen LogP contribution is 2.26. The Balaban J connectivity index is 2.06. The molecule has 0 unspecified atom stereocenters. The lowest BCUT2D eigenvalue weighted by Crippen LogP contribution is -2.60. The van der Waals surface area contributed by atoms with Gasteiger partial charge in [0.1, 0.15) is 5.82 Å². The lowest BCUT2D eigenvalue weighted by atomic mass is 9.97. The van der Waals surface area contributed by atoms with E-state index in [1.165, 1.54) is 0 Å². The van der Waals surface area contributed by atoms with Crippen molar-refractivity contribution in [2.45, 2.75) is 19.4 Å². The maximum Gasteiger partial charge on any atom is 0.215 e. The van der Waals surface area contributed by atoms with Crippen LogP contribution in [0.4, 0.5) is 5.82 Å². The Bertz CT molecular complexity index is 344. The number of aliphatic hydroxyl groups is 1. The second kappa shape index (κ2) is 3.70. The first kappa shape index (κ1) is 10.2. The SMILES string of the molecule is CCOc1cccc(N2CC(C)(O)C2)n1. The monoisotopic (exact) mass is 208 g/mol. The van der Waals surface area contributed by atoms with Crippen molar-refractivity contribution in [1.29, 1.82) is 0 Å². The van der Waals surface area contributed by atoms with Gasteiger partial charge in [0.05, 0.1) is 12.2 Å². The Morgan fingerprint density at radius 1 is 1.53 bits per heavy atom. The van der Waals surface area contributed by atoms with Crippen LogP contribution in [0.1, 0.15) is 13.8 Å². The second-order valence-corrected chi connectivity index (χ2v) is 4.12. The number of β-amino-alcohol motifs (C(OH)–C–C–N with tert-alkyl or cyclic N) is 1. The smallest absolute Gasteiger partial charge is 0.215 e. The maximum atomic E-state index is 9.62. The van der Waals surface area contributed by atoms with Crippen LogP contribution in [-0.2, 0) is 0 Å². The van der Waals surface area contributed by atoms with Crippen molar-refractivity contribution in [1.82, 2.24) is 4.98 Å². The summed E-state index contributed by atoms with van der Waals surface area (Å²) < 4.78 is 5.32. The van der Waals surface area contributed by atoms with E-state index in [1.54, 1.807) is 0 Å². The molecule has 0 saturated carbocycles. The van der Waals surface area contributed by atoms with E-state index in [2.05, 4.69) is 4.98 Å². The molecule has 2 heterocycles. The quantitative estimate of drug-likeness (QED) is 0.806. The molecule has 1 N–H and O–H groups in total. The number of aromatic nitrogens is 1. The molecule has 0 spiro atoms. The van der Waals surface area contributed by atoms with Crippen molar-refractivity contribution in [3.05, 3.63) is 18.2 Å². The van der Waals surface area contributed by atoms with Gasteiger partial charge in [0.2, 0.25) is 5.88 Å². The molecule has 1 aromatic rings. The van der Waals surface area contributed by atoms with Crippen LogP contribution in [0.3, 0.4) is 0 Å². The highest BCUT2D eigenvalue weighted by molar-refractivity contribution is 5.45. The van der Waals surface area contributed by atoms with Crippen LogP contribution in [0.25, 0.3) is 0 Å². The zero-order valence-electron chi connectivity index (χ0n) is 9.10. The number of pyridine rings is 1. The molecule has 0 amide bonds. The Labute approximate surface area is 89.5 Å². The Morgan fingerprint density at radius 2 is 2.27 bits per heavy atom. The van der Waals surface area contributed by atoms with E-state index < -0.39 is 5.60 Å². The van der Waals surface area contributed by atoms with Gasteiger partial charge in [0.15, 0.2) is 0 Å². The number of anilines is 1. The molecule has 15 heavy (non-hydrogen) atoms. The van der Waals surface area contributed by atoms with E-state index in [0.717, 1.165) is 5.82 Å². The van der Waals surface area contributed by atoms with E-state index in [1.807, 2.05) is 36.9 Å². The van der Waals surface area contributed by atoms with Crippen LogP contribution in [0.2, 0.25) is 0 Å². The van der Waals surface area contributed by atoms with Gasteiger partial charge in [-0.2, -0.15) is 4.98 Å². The van der Waals surface area contributed by atoms with Gasteiger partial charge in [0, 0.05) is 19.2 Å². The van der Waals surface area contributed by atoms with Crippen molar-refractivity contribution in [3.63, 3.8) is 0 Å². The fourth-order valence-electron chi connectivity index (χ4n) is 1.75. The topological polar surface area (TPSA) is 45.6 Å². The molecular formula is C11H16N2O2. The minimum atomic E-state index is -0.566. The normalized spacial score (nSPS) is 18.5. The van der Waals surface area contributed by atoms with Gasteiger partial charge in [-0.15, -0.1) is 0 Å². The summed E-state index contributed by atoms with van der Waals surface area (Å²) in [5.41, 5.74) is -0.566. The third-order valence-corrected chi connectivity index (χ3v) is 2.39. The van der Waals surface area contributed by atoms with Crippen LogP contribution in [0.15, 0.2) is 18.2 Å². The molecule has 1 saturated heterocycles. The number of hydrogen-bond acceptors (Lipinski definition) is 4. The summed E-state index contributed by atoms with van der Waals surface area (Å²) in [5.74, 6) is 1.51. The minimum absolute atomic E-state index is 0.566. The molecule has 0 atom stereocenters. The van der Waals surface area contributed by atoms with Crippen molar-refractivity contribution in [2.75, 3.05) is 24.6 Å². The van der Waals surface area contributed by atoms with Crippen molar-refractivity contribution < 1.29 is 9.84 Å². The molecule has 1 aliphatic rings. The summed E-state index contributed by atoms with van der Waals surface area (Å²) in [5, 5.41) is 9.62. The predicted octanol–water partition coefficient (Wildman–Crippen LogP) is 1.05. The zero-order chi connectivity index (χ0) is 10.9. The third-order valence-electron chi connectivity index (χ3n) is 2.39. The van der Waals surface area contributed by atoms with E-state index in [0.29, 0.717) is 25.6 Å². The molecule has 1 aromatic heterocycles. The average molecular weight is 208 g/mol. The lowest BCUT2D eigenvalue weighted by molar-refractivity contribution is 0.0304. The standard InChI is InChI=1S/C11H16N2O2/c1-3-15-10-6-4-5-9(12-10)13-7-11(2,14)8-13/h4-6,14H,3,7-8H2,1-2H3. The Hall–Kier alpha value is -1.29. The van der Waals surface area contributed by atoms with Crippen LogP contribution < -0.4 is 9.64 Å². The highest BCUT2D eigenvalue weighted by Gasteiger charge is 2.37. The molecule has 0 radical (unpaired) electrons. The van der Waals surface area contributed by atoms with Crippen LogP contribution in [0.5, 0.6) is 5.88 Å². The second-order valence-electron chi connectivity index (χ2n) is 4.12. The molecule has 0 bridgehead atoms. The molecule has 1 fully saturated rings. The van der Waals surface area contributed by atoms with Gasteiger partial charge in [-0.1, -0.05) is 6.07 Å². The summed E-state index contributed by atoms with van der Waals surface area (Å²) in [6.07, 6.45) is 0. The van der Waals surface area contributed by atoms with E-state index in [9.17, 15) is 5.11 Å². The number of hydrogen-bond donors (Lipinski definition) is 1. The summed E-state index contributed by atoms with van der Waals surface area (Å²) in [4.78, 5) is 6.37. The van der Waals surface area contributed by atoms with Gasteiger partial charge >= 0.3 is 0 Å². The number of ether oxygens (including phenoxy) is 1. The van der Waals surface area contributed by atoms with Gasteiger partial charge in [-0.25, -0.2) is 0 Å². The Kier molecular flexibility index (Phi) is 2.52. The first-order valence-electron chi connectivity index (χ1n) is 5.18. The number of nitrogens with zero attached hydrogens (tertiary/aromatic N) is 2. The van der Waals surface area contributed by atoms with Crippen LogP contribution in [0, 0.1) is 0 Å². The summed E-state index contributed by atoms with van der Waals surface area (Å²) in [6, 6.07) is 5.68. The molecular weight excluding hydrogens is 192 g/mol. The minimum Gasteiger partial charge on any atom is -0.478 e. The summed E-state index contributed by atoms with van der Waals surface area (Å²) >= 11 is 0. The first-order chi connectivity index (χ1) is 7.11. The average Bonchev–Trinajstić information content (AvgIpc) is 2.15. The first-order valence-corrected chi connectivity index (χ1v) is 5.18. The van der Waals surface area contributed by atoms with Crippen LogP contribution >= 0.6 is 0 Å². The van der Waals surface area contributed by atoms with E-state index in [4.69, 9.17) is 4.74 Å². The molecule has 82 valence electrons. The maximum absolute atomic E-state index is 9.62. The lowest BCUT2D eigenvalue weighted by Gasteiger charge is -2.44. The van der Waals surface area contributed by atoms with Crippen molar-refractivity contribution in [2.24, 2.45) is 0 Å². The fraction of sp³-hybridized carbons (Fsp3) is 0.545. The molecule has 0 aromatic carbocycles. The van der Waals surface area contributed by atoms with E-state index >= 15 is 0 Å². The zero-order valence-corrected chi connectivity index (χ0v) is 9.10.